The lowest BCUT2D eigenvalue weighted by Crippen LogP contribution is -2.58. The quantitative estimate of drug-likeness (QED) is 0.548. The van der Waals surface area contributed by atoms with E-state index in [2.05, 4.69) is 10.3 Å². The van der Waals surface area contributed by atoms with Crippen LogP contribution < -0.4 is 11.1 Å². The number of hydrogen-bond acceptors (Lipinski definition) is 4. The SMILES string of the molecule is CC1C(=O)NC(=O)CN1C(=O)c1cc(N)c[nH]1. The van der Waals surface area contributed by atoms with Gasteiger partial charge < -0.3 is 15.6 Å². The first-order valence-corrected chi connectivity index (χ1v) is 5.07. The van der Waals surface area contributed by atoms with Gasteiger partial charge in [0.1, 0.15) is 18.3 Å². The number of nitrogens with one attached hydrogen (secondary N) is 2. The fourth-order valence-electron chi connectivity index (χ4n) is 1.65. The average molecular weight is 236 g/mol. The Kier molecular flexibility index (Phi) is 2.58. The fraction of sp³-hybridized carbons (Fsp3) is 0.300. The molecular formula is C10H12N4O3. The number of rotatable bonds is 1. The minimum absolute atomic E-state index is 0.134. The zero-order valence-corrected chi connectivity index (χ0v) is 9.19. The standard InChI is InChI=1S/C10H12N4O3/c1-5-9(16)13-8(15)4-14(5)10(17)7-2-6(11)3-12-7/h2-3,5,12H,4,11H2,1H3,(H,13,15,16). The summed E-state index contributed by atoms with van der Waals surface area (Å²) in [5.74, 6) is -1.38. The number of imide groups is 1. The Balaban J connectivity index is 2.24. The molecule has 0 spiro atoms. The van der Waals surface area contributed by atoms with Gasteiger partial charge in [-0.2, -0.15) is 0 Å². The van der Waals surface area contributed by atoms with Gasteiger partial charge in [0.25, 0.3) is 5.91 Å². The highest BCUT2D eigenvalue weighted by atomic mass is 16.2. The second-order valence-corrected chi connectivity index (χ2v) is 3.87. The maximum absolute atomic E-state index is 12.0. The molecule has 2 heterocycles. The van der Waals surface area contributed by atoms with E-state index in [1.165, 1.54) is 17.2 Å². The summed E-state index contributed by atoms with van der Waals surface area (Å²) >= 11 is 0. The van der Waals surface area contributed by atoms with Crippen LogP contribution in [0.15, 0.2) is 12.3 Å². The summed E-state index contributed by atoms with van der Waals surface area (Å²) in [4.78, 5) is 38.5. The Morgan fingerprint density at radius 2 is 2.24 bits per heavy atom. The van der Waals surface area contributed by atoms with Crippen molar-refractivity contribution in [1.82, 2.24) is 15.2 Å². The number of aromatic nitrogens is 1. The summed E-state index contributed by atoms with van der Waals surface area (Å²) in [7, 11) is 0. The molecule has 4 N–H and O–H groups in total. The zero-order chi connectivity index (χ0) is 12.6. The van der Waals surface area contributed by atoms with Crippen LogP contribution in [0.3, 0.4) is 0 Å². The molecule has 1 atom stereocenters. The molecule has 7 heteroatoms. The van der Waals surface area contributed by atoms with E-state index in [4.69, 9.17) is 5.73 Å². The Labute approximate surface area is 97.0 Å². The normalized spacial score (nSPS) is 20.3. The van der Waals surface area contributed by atoms with Crippen LogP contribution in [0, 0.1) is 0 Å². The lowest BCUT2D eigenvalue weighted by atomic mass is 10.2. The molecule has 90 valence electrons. The van der Waals surface area contributed by atoms with Crippen molar-refractivity contribution in [3.63, 3.8) is 0 Å². The van der Waals surface area contributed by atoms with Gasteiger partial charge in [0.05, 0.1) is 0 Å². The first kappa shape index (κ1) is 11.2. The Morgan fingerprint density at radius 1 is 1.53 bits per heavy atom. The van der Waals surface area contributed by atoms with Crippen LogP contribution in [0.25, 0.3) is 0 Å². The van der Waals surface area contributed by atoms with Gasteiger partial charge in [-0.25, -0.2) is 0 Å². The van der Waals surface area contributed by atoms with Crippen molar-refractivity contribution in [3.05, 3.63) is 18.0 Å². The minimum Gasteiger partial charge on any atom is -0.397 e. The predicted molar refractivity (Wildman–Crippen MR) is 58.9 cm³/mol. The van der Waals surface area contributed by atoms with Gasteiger partial charge in [0, 0.05) is 11.9 Å². The van der Waals surface area contributed by atoms with Crippen molar-refractivity contribution in [2.75, 3.05) is 12.3 Å². The molecule has 1 saturated heterocycles. The van der Waals surface area contributed by atoms with Crippen LogP contribution in [0.1, 0.15) is 17.4 Å². The number of H-pyrrole nitrogens is 1. The number of nitrogens with zero attached hydrogens (tertiary/aromatic N) is 1. The molecule has 1 aromatic rings. The first-order chi connectivity index (χ1) is 7.99. The molecule has 0 radical (unpaired) electrons. The average Bonchev–Trinajstić information content (AvgIpc) is 2.69. The Hall–Kier alpha value is -2.31. The largest absolute Gasteiger partial charge is 0.397 e. The molecule has 0 aliphatic carbocycles. The van der Waals surface area contributed by atoms with Gasteiger partial charge in [-0.05, 0) is 13.0 Å². The van der Waals surface area contributed by atoms with Crippen molar-refractivity contribution in [1.29, 1.82) is 0 Å². The fourth-order valence-corrected chi connectivity index (χ4v) is 1.65. The summed E-state index contributed by atoms with van der Waals surface area (Å²) in [6.07, 6.45) is 1.48. The van der Waals surface area contributed by atoms with Crippen molar-refractivity contribution in [2.45, 2.75) is 13.0 Å². The third-order valence-corrected chi connectivity index (χ3v) is 2.62. The highest BCUT2D eigenvalue weighted by molar-refractivity contribution is 6.06. The molecule has 3 amide bonds. The van der Waals surface area contributed by atoms with E-state index in [0.717, 1.165) is 0 Å². The molecule has 1 aromatic heterocycles. The zero-order valence-electron chi connectivity index (χ0n) is 9.19. The molecule has 0 saturated carbocycles. The second-order valence-electron chi connectivity index (χ2n) is 3.87. The topological polar surface area (TPSA) is 108 Å². The first-order valence-electron chi connectivity index (χ1n) is 5.07. The summed E-state index contributed by atoms with van der Waals surface area (Å²) in [6, 6.07) is 0.788. The molecule has 2 rings (SSSR count). The van der Waals surface area contributed by atoms with Crippen LogP contribution in [-0.2, 0) is 9.59 Å². The van der Waals surface area contributed by atoms with E-state index in [1.54, 1.807) is 6.92 Å². The van der Waals surface area contributed by atoms with E-state index in [-0.39, 0.29) is 12.2 Å². The number of anilines is 1. The predicted octanol–water partition coefficient (Wildman–Crippen LogP) is -0.916. The van der Waals surface area contributed by atoms with Crippen LogP contribution in [0.5, 0.6) is 0 Å². The highest BCUT2D eigenvalue weighted by Crippen LogP contribution is 2.12. The molecule has 1 fully saturated rings. The maximum atomic E-state index is 12.0. The summed E-state index contributed by atoms with van der Waals surface area (Å²) in [6.45, 7) is 1.43. The van der Waals surface area contributed by atoms with E-state index < -0.39 is 23.8 Å². The number of nitrogen functional groups attached to an aromatic ring is 1. The summed E-state index contributed by atoms with van der Waals surface area (Å²) < 4.78 is 0. The van der Waals surface area contributed by atoms with Crippen molar-refractivity contribution in [2.24, 2.45) is 0 Å². The van der Waals surface area contributed by atoms with Gasteiger partial charge >= 0.3 is 0 Å². The number of hydrogen-bond donors (Lipinski definition) is 3. The Morgan fingerprint density at radius 3 is 2.82 bits per heavy atom. The maximum Gasteiger partial charge on any atom is 0.271 e. The summed E-state index contributed by atoms with van der Waals surface area (Å²) in [5.41, 5.74) is 6.17. The molecule has 1 unspecified atom stereocenters. The summed E-state index contributed by atoms with van der Waals surface area (Å²) in [5, 5.41) is 2.16. The van der Waals surface area contributed by atoms with Crippen LogP contribution in [0.2, 0.25) is 0 Å². The number of amides is 3. The van der Waals surface area contributed by atoms with Gasteiger partial charge in [0.15, 0.2) is 0 Å². The van der Waals surface area contributed by atoms with Gasteiger partial charge in [0.2, 0.25) is 11.8 Å². The van der Waals surface area contributed by atoms with Gasteiger partial charge in [-0.1, -0.05) is 0 Å². The molecule has 17 heavy (non-hydrogen) atoms. The number of aromatic amines is 1. The number of carbonyl (C=O) groups is 3. The Bertz CT molecular complexity index is 493. The number of nitrogens with two attached hydrogens (primary N) is 1. The lowest BCUT2D eigenvalue weighted by molar-refractivity contribution is -0.138. The highest BCUT2D eigenvalue weighted by Gasteiger charge is 2.34. The van der Waals surface area contributed by atoms with E-state index in [0.29, 0.717) is 5.69 Å². The van der Waals surface area contributed by atoms with Crippen molar-refractivity contribution < 1.29 is 14.4 Å². The molecule has 0 bridgehead atoms. The van der Waals surface area contributed by atoms with E-state index >= 15 is 0 Å². The monoisotopic (exact) mass is 236 g/mol. The number of piperazine rings is 1. The van der Waals surface area contributed by atoms with Gasteiger partial charge in [-0.15, -0.1) is 0 Å². The third kappa shape index (κ3) is 1.99. The number of carbonyl (C=O) groups excluding carboxylic acids is 3. The molecule has 1 aliphatic heterocycles. The molecule has 0 aromatic carbocycles. The van der Waals surface area contributed by atoms with Crippen molar-refractivity contribution in [3.8, 4) is 0 Å². The molecule has 7 nitrogen and oxygen atoms in total. The molecular weight excluding hydrogens is 224 g/mol. The van der Waals surface area contributed by atoms with Crippen LogP contribution >= 0.6 is 0 Å². The molecule has 1 aliphatic rings. The van der Waals surface area contributed by atoms with E-state index in [1.807, 2.05) is 0 Å². The smallest absolute Gasteiger partial charge is 0.271 e. The van der Waals surface area contributed by atoms with Crippen molar-refractivity contribution >= 4 is 23.4 Å². The second kappa shape index (κ2) is 3.93. The van der Waals surface area contributed by atoms with Gasteiger partial charge in [-0.3, -0.25) is 19.7 Å². The lowest BCUT2D eigenvalue weighted by Gasteiger charge is -2.31. The van der Waals surface area contributed by atoms with Crippen LogP contribution in [0.4, 0.5) is 5.69 Å². The van der Waals surface area contributed by atoms with E-state index in [9.17, 15) is 14.4 Å². The minimum atomic E-state index is -0.676. The third-order valence-electron chi connectivity index (χ3n) is 2.62. The van der Waals surface area contributed by atoms with Crippen LogP contribution in [-0.4, -0.2) is 40.2 Å².